The van der Waals surface area contributed by atoms with E-state index in [0.717, 1.165) is 49.7 Å². The average molecular weight is 1010 g/mol. The van der Waals surface area contributed by atoms with Crippen LogP contribution in [0.15, 0.2) is 86.0 Å². The molecule has 0 bridgehead atoms. The van der Waals surface area contributed by atoms with E-state index in [1.807, 2.05) is 60.7 Å². The maximum Gasteiger partial charge on any atom is 0.473 e. The van der Waals surface area contributed by atoms with Gasteiger partial charge in [-0.25, -0.2) is 4.57 Å². The van der Waals surface area contributed by atoms with Gasteiger partial charge in [-0.3, -0.25) is 23.4 Å². The molecular weight excluding hydrogens is 916 g/mol. The number of phosphoric ester groups is 1. The number of hydrogen-bond donors (Lipinski definition) is 1. The molecule has 1 aliphatic carbocycles. The number of carbonyl (C=O) groups is 3. The lowest BCUT2D eigenvalue weighted by atomic mass is 9.73. The smallest absolute Gasteiger partial charge is 0.462 e. The molecule has 2 aromatic carbocycles. The molecule has 0 aromatic heterocycles. The van der Waals surface area contributed by atoms with Crippen molar-refractivity contribution < 1.29 is 51.8 Å². The first-order chi connectivity index (χ1) is 34.6. The minimum Gasteiger partial charge on any atom is -0.462 e. The maximum atomic E-state index is 14.4. The molecule has 3 rings (SSSR count). The summed E-state index contributed by atoms with van der Waals surface area (Å²) >= 11 is 0. The SMILES string of the molecule is C=CC1C(OCc2ccccc2)C(=O)C(OP(=O)(O)OCC(COC(=O)CCCCCCCCCCCCCCC)OC(=O)CCCCCCCCCCCCCCC)C(OCc2ccccc2)C1C=C. The maximum absolute atomic E-state index is 14.4. The van der Waals surface area contributed by atoms with Gasteiger partial charge in [0.1, 0.15) is 12.7 Å². The minimum atomic E-state index is -5.09. The van der Waals surface area contributed by atoms with Gasteiger partial charge >= 0.3 is 19.8 Å². The summed E-state index contributed by atoms with van der Waals surface area (Å²) in [7, 11) is -5.09. The third-order valence-electron chi connectivity index (χ3n) is 13.5. The van der Waals surface area contributed by atoms with Crippen LogP contribution in [-0.2, 0) is 60.2 Å². The van der Waals surface area contributed by atoms with E-state index < -0.39 is 68.4 Å². The lowest BCUT2D eigenvalue weighted by molar-refractivity contribution is -0.170. The summed E-state index contributed by atoms with van der Waals surface area (Å²) in [5.41, 5.74) is 1.64. The number of ketones is 1. The predicted molar refractivity (Wildman–Crippen MR) is 285 cm³/mol. The molecule has 11 nitrogen and oxygen atoms in total. The molecule has 7 atom stereocenters. The van der Waals surface area contributed by atoms with Gasteiger partial charge in [-0.2, -0.15) is 0 Å². The monoisotopic (exact) mass is 1010 g/mol. The van der Waals surface area contributed by atoms with Crippen LogP contribution in [0.25, 0.3) is 0 Å². The van der Waals surface area contributed by atoms with Crippen molar-refractivity contribution in [2.45, 2.75) is 231 Å². The molecule has 2 aromatic rings. The number of phosphoric acid groups is 1. The number of ether oxygens (including phenoxy) is 4. The first-order valence-electron chi connectivity index (χ1n) is 27.7. The minimum absolute atomic E-state index is 0.0704. The second kappa shape index (κ2) is 39.1. The van der Waals surface area contributed by atoms with Gasteiger partial charge in [0.15, 0.2) is 18.0 Å². The Kier molecular flexibility index (Phi) is 34.0. The van der Waals surface area contributed by atoms with E-state index in [2.05, 4.69) is 27.0 Å². The standard InChI is InChI=1S/C59H93O11P/c1-5-9-11-13-15-17-19-21-23-25-27-29-37-43-54(60)65-47-51(69-55(61)44-38-30-28-26-24-22-20-18-16-14-12-10-6-2)48-68-71(63,64)70-59-56(62)57(66-45-49-39-33-31-34-40-49)52(7-3)53(8-4)58(59)67-46-50-41-35-32-36-42-50/h7-8,31-36,39-42,51-53,57-59H,3-6,9-30,37-38,43-48H2,1-2H3,(H,63,64). The zero-order chi connectivity index (χ0) is 51.2. The van der Waals surface area contributed by atoms with Gasteiger partial charge in [0.25, 0.3) is 0 Å². The molecule has 12 heteroatoms. The Hall–Kier alpha value is -3.44. The molecule has 1 fully saturated rings. The summed E-state index contributed by atoms with van der Waals surface area (Å²) in [6, 6.07) is 18.7. The fourth-order valence-corrected chi connectivity index (χ4v) is 10.2. The molecule has 400 valence electrons. The number of rotatable bonds is 44. The number of hydrogen-bond acceptors (Lipinski definition) is 10. The van der Waals surface area contributed by atoms with Crippen molar-refractivity contribution in [3.63, 3.8) is 0 Å². The Bertz CT molecular complexity index is 1760. The summed E-state index contributed by atoms with van der Waals surface area (Å²) < 4.78 is 49.1. The molecule has 0 saturated heterocycles. The van der Waals surface area contributed by atoms with E-state index in [1.165, 1.54) is 116 Å². The molecule has 71 heavy (non-hydrogen) atoms. The summed E-state index contributed by atoms with van der Waals surface area (Å²) in [5.74, 6) is -2.82. The number of Topliss-reactive ketones (excluding diaryl/α,β-unsaturated/α-hetero) is 1. The summed E-state index contributed by atoms with van der Waals surface area (Å²) in [6.45, 7) is 11.7. The van der Waals surface area contributed by atoms with Gasteiger partial charge in [-0.15, -0.1) is 13.2 Å². The molecule has 1 saturated carbocycles. The molecule has 0 aliphatic heterocycles. The Morgan fingerprint density at radius 1 is 0.563 bits per heavy atom. The van der Waals surface area contributed by atoms with Crippen LogP contribution < -0.4 is 0 Å². The van der Waals surface area contributed by atoms with Gasteiger partial charge in [-0.05, 0) is 24.0 Å². The third-order valence-corrected chi connectivity index (χ3v) is 14.5. The Morgan fingerprint density at radius 2 is 0.972 bits per heavy atom. The van der Waals surface area contributed by atoms with E-state index in [9.17, 15) is 23.8 Å². The van der Waals surface area contributed by atoms with Crippen molar-refractivity contribution in [1.82, 2.24) is 0 Å². The third kappa shape index (κ3) is 27.4. The van der Waals surface area contributed by atoms with Gasteiger partial charge in [-0.1, -0.05) is 241 Å². The number of unbranched alkanes of at least 4 members (excludes halogenated alkanes) is 24. The van der Waals surface area contributed by atoms with Gasteiger partial charge in [0, 0.05) is 24.7 Å². The zero-order valence-electron chi connectivity index (χ0n) is 43.9. The van der Waals surface area contributed by atoms with Crippen LogP contribution in [-0.4, -0.2) is 60.2 Å². The molecule has 0 amide bonds. The van der Waals surface area contributed by atoms with Crippen molar-refractivity contribution >= 4 is 25.5 Å². The second-order valence-electron chi connectivity index (χ2n) is 19.6. The Morgan fingerprint density at radius 3 is 1.41 bits per heavy atom. The van der Waals surface area contributed by atoms with E-state index >= 15 is 0 Å². The molecule has 0 spiro atoms. The fraction of sp³-hybridized carbons (Fsp3) is 0.678. The van der Waals surface area contributed by atoms with Crippen LogP contribution in [0.4, 0.5) is 0 Å². The van der Waals surface area contributed by atoms with Crippen molar-refractivity contribution in [2.75, 3.05) is 13.2 Å². The Balaban J connectivity index is 1.60. The highest BCUT2D eigenvalue weighted by Gasteiger charge is 2.52. The summed E-state index contributed by atoms with van der Waals surface area (Å²) in [5, 5.41) is 0. The Labute approximate surface area is 429 Å². The van der Waals surface area contributed by atoms with Gasteiger partial charge in [0.2, 0.25) is 0 Å². The highest BCUT2D eigenvalue weighted by atomic mass is 31.2. The van der Waals surface area contributed by atoms with E-state index in [1.54, 1.807) is 12.2 Å². The summed E-state index contributed by atoms with van der Waals surface area (Å²) in [4.78, 5) is 51.8. The number of benzene rings is 2. The van der Waals surface area contributed by atoms with Crippen molar-refractivity contribution in [3.8, 4) is 0 Å². The lowest BCUT2D eigenvalue weighted by Gasteiger charge is -2.43. The fourth-order valence-electron chi connectivity index (χ4n) is 9.28. The van der Waals surface area contributed by atoms with Crippen LogP contribution in [0, 0.1) is 11.8 Å². The average Bonchev–Trinajstić information content (AvgIpc) is 3.37. The predicted octanol–water partition coefficient (Wildman–Crippen LogP) is 15.3. The van der Waals surface area contributed by atoms with Crippen LogP contribution in [0.1, 0.15) is 205 Å². The zero-order valence-corrected chi connectivity index (χ0v) is 44.8. The van der Waals surface area contributed by atoms with Gasteiger partial charge < -0.3 is 23.8 Å². The highest BCUT2D eigenvalue weighted by molar-refractivity contribution is 7.47. The first-order valence-corrected chi connectivity index (χ1v) is 29.2. The van der Waals surface area contributed by atoms with Crippen LogP contribution >= 0.6 is 7.82 Å². The van der Waals surface area contributed by atoms with E-state index in [4.69, 9.17) is 28.0 Å². The van der Waals surface area contributed by atoms with Crippen LogP contribution in [0.5, 0.6) is 0 Å². The quantitative estimate of drug-likeness (QED) is 0.0293. The van der Waals surface area contributed by atoms with E-state index in [0.29, 0.717) is 12.8 Å². The molecule has 1 N–H and O–H groups in total. The normalized spacial score (nSPS) is 19.2. The van der Waals surface area contributed by atoms with Crippen LogP contribution in [0.2, 0.25) is 0 Å². The number of esters is 2. The van der Waals surface area contributed by atoms with Crippen molar-refractivity contribution in [1.29, 1.82) is 0 Å². The highest BCUT2D eigenvalue weighted by Crippen LogP contribution is 2.49. The molecular formula is C59H93O11P. The largest absolute Gasteiger partial charge is 0.473 e. The summed E-state index contributed by atoms with van der Waals surface area (Å²) in [6.07, 6.45) is 29.2. The molecule has 0 radical (unpaired) electrons. The first kappa shape index (κ1) is 61.9. The molecule has 7 unspecified atom stereocenters. The van der Waals surface area contributed by atoms with E-state index in [-0.39, 0.29) is 32.7 Å². The van der Waals surface area contributed by atoms with Crippen molar-refractivity contribution in [3.05, 3.63) is 97.1 Å². The van der Waals surface area contributed by atoms with Crippen LogP contribution in [0.3, 0.4) is 0 Å². The van der Waals surface area contributed by atoms with Gasteiger partial charge in [0.05, 0.1) is 25.9 Å². The molecule has 0 heterocycles. The second-order valence-corrected chi connectivity index (χ2v) is 21.0. The topological polar surface area (TPSA) is 144 Å². The van der Waals surface area contributed by atoms with Crippen molar-refractivity contribution in [2.24, 2.45) is 11.8 Å². The lowest BCUT2D eigenvalue weighted by Crippen LogP contribution is -2.57. The molecule has 1 aliphatic rings. The number of carbonyl (C=O) groups excluding carboxylic acids is 3.